The summed E-state index contributed by atoms with van der Waals surface area (Å²) in [7, 11) is 0. The number of benzene rings is 1. The van der Waals surface area contributed by atoms with E-state index in [-0.39, 0.29) is 5.91 Å². The van der Waals surface area contributed by atoms with Crippen LogP contribution in [0.1, 0.15) is 27.2 Å². The van der Waals surface area contributed by atoms with Crippen molar-refractivity contribution >= 4 is 11.7 Å². The summed E-state index contributed by atoms with van der Waals surface area (Å²) in [6.45, 7) is 4.72. The highest BCUT2D eigenvalue weighted by Gasteiger charge is 2.10. The molecule has 0 bridgehead atoms. The SMILES string of the molecule is Cc1cccc(Cn2nc(NC(=O)c3cccnc3)cc2C)c1. The van der Waals surface area contributed by atoms with E-state index in [2.05, 4.69) is 40.5 Å². The Labute approximate surface area is 135 Å². The van der Waals surface area contributed by atoms with Crippen molar-refractivity contribution in [1.29, 1.82) is 0 Å². The first kappa shape index (κ1) is 15.0. The van der Waals surface area contributed by atoms with E-state index >= 15 is 0 Å². The minimum atomic E-state index is -0.210. The number of hydrogen-bond acceptors (Lipinski definition) is 3. The summed E-state index contributed by atoms with van der Waals surface area (Å²) in [6, 6.07) is 13.6. The van der Waals surface area contributed by atoms with Crippen LogP contribution < -0.4 is 5.32 Å². The first-order valence-corrected chi connectivity index (χ1v) is 7.43. The van der Waals surface area contributed by atoms with Crippen molar-refractivity contribution < 1.29 is 4.79 Å². The quantitative estimate of drug-likeness (QED) is 0.805. The van der Waals surface area contributed by atoms with E-state index in [9.17, 15) is 4.79 Å². The zero-order valence-corrected chi connectivity index (χ0v) is 13.2. The van der Waals surface area contributed by atoms with Crippen LogP contribution in [0.2, 0.25) is 0 Å². The minimum Gasteiger partial charge on any atom is -0.305 e. The van der Waals surface area contributed by atoms with Crippen LogP contribution in [0.15, 0.2) is 54.9 Å². The summed E-state index contributed by atoms with van der Waals surface area (Å²) in [5, 5.41) is 7.27. The van der Waals surface area contributed by atoms with Gasteiger partial charge in [-0.2, -0.15) is 5.10 Å². The second-order valence-corrected chi connectivity index (χ2v) is 5.51. The number of aryl methyl sites for hydroxylation is 2. The lowest BCUT2D eigenvalue weighted by Crippen LogP contribution is -2.13. The van der Waals surface area contributed by atoms with Gasteiger partial charge >= 0.3 is 0 Å². The average molecular weight is 306 g/mol. The maximum absolute atomic E-state index is 12.1. The number of nitrogens with one attached hydrogen (secondary N) is 1. The summed E-state index contributed by atoms with van der Waals surface area (Å²) in [6.07, 6.45) is 3.17. The highest BCUT2D eigenvalue weighted by Crippen LogP contribution is 2.13. The molecule has 2 aromatic heterocycles. The molecule has 1 N–H and O–H groups in total. The molecule has 2 heterocycles. The number of aromatic nitrogens is 3. The van der Waals surface area contributed by atoms with Gasteiger partial charge < -0.3 is 5.32 Å². The predicted octanol–water partition coefficient (Wildman–Crippen LogP) is 3.20. The van der Waals surface area contributed by atoms with Gasteiger partial charge in [-0.25, -0.2) is 0 Å². The molecular formula is C18H18N4O. The largest absolute Gasteiger partial charge is 0.305 e. The number of carbonyl (C=O) groups excluding carboxylic acids is 1. The molecule has 0 spiro atoms. The van der Waals surface area contributed by atoms with Crippen LogP contribution in [-0.2, 0) is 6.54 Å². The molecule has 0 aliphatic rings. The predicted molar refractivity (Wildman–Crippen MR) is 89.4 cm³/mol. The molecule has 5 heteroatoms. The van der Waals surface area contributed by atoms with Gasteiger partial charge in [0, 0.05) is 24.2 Å². The van der Waals surface area contributed by atoms with Gasteiger partial charge in [0.05, 0.1) is 12.1 Å². The molecule has 3 rings (SSSR count). The summed E-state index contributed by atoms with van der Waals surface area (Å²) in [5.41, 5.74) is 3.91. The third-order valence-corrected chi connectivity index (χ3v) is 3.56. The number of carbonyl (C=O) groups is 1. The van der Waals surface area contributed by atoms with Gasteiger partial charge in [0.2, 0.25) is 0 Å². The highest BCUT2D eigenvalue weighted by molar-refractivity contribution is 6.03. The number of hydrogen-bond donors (Lipinski definition) is 1. The first-order valence-electron chi connectivity index (χ1n) is 7.43. The van der Waals surface area contributed by atoms with Crippen molar-refractivity contribution in [1.82, 2.24) is 14.8 Å². The number of amides is 1. The standard InChI is InChI=1S/C18H18N4O/c1-13-5-3-6-15(9-13)12-22-14(2)10-17(21-22)20-18(23)16-7-4-8-19-11-16/h3-11H,12H2,1-2H3,(H,20,21,23). The number of anilines is 1. The van der Waals surface area contributed by atoms with E-state index in [1.54, 1.807) is 18.3 Å². The molecule has 0 fully saturated rings. The summed E-state index contributed by atoms with van der Waals surface area (Å²) in [5.74, 6) is 0.335. The number of rotatable bonds is 4. The number of nitrogens with zero attached hydrogens (tertiary/aromatic N) is 3. The van der Waals surface area contributed by atoms with Crippen molar-refractivity contribution in [2.45, 2.75) is 20.4 Å². The lowest BCUT2D eigenvalue weighted by atomic mass is 10.1. The lowest BCUT2D eigenvalue weighted by Gasteiger charge is -2.05. The Morgan fingerprint density at radius 3 is 2.78 bits per heavy atom. The maximum atomic E-state index is 12.1. The van der Waals surface area contributed by atoms with Crippen LogP contribution >= 0.6 is 0 Å². The summed E-state index contributed by atoms with van der Waals surface area (Å²) >= 11 is 0. The normalized spacial score (nSPS) is 10.5. The Morgan fingerprint density at radius 2 is 2.04 bits per heavy atom. The Morgan fingerprint density at radius 1 is 1.17 bits per heavy atom. The van der Waals surface area contributed by atoms with E-state index in [0.29, 0.717) is 17.9 Å². The second kappa shape index (κ2) is 6.44. The zero-order chi connectivity index (χ0) is 16.2. The molecule has 1 amide bonds. The first-order chi connectivity index (χ1) is 11.1. The molecule has 1 aromatic carbocycles. The molecule has 0 saturated heterocycles. The van der Waals surface area contributed by atoms with Crippen molar-refractivity contribution in [2.75, 3.05) is 5.32 Å². The van der Waals surface area contributed by atoms with Crippen LogP contribution in [0.25, 0.3) is 0 Å². The van der Waals surface area contributed by atoms with Gasteiger partial charge in [-0.15, -0.1) is 0 Å². The maximum Gasteiger partial charge on any atom is 0.258 e. The van der Waals surface area contributed by atoms with Gasteiger partial charge in [0.1, 0.15) is 0 Å². The van der Waals surface area contributed by atoms with Crippen molar-refractivity contribution in [3.8, 4) is 0 Å². The molecule has 0 aliphatic carbocycles. The molecule has 23 heavy (non-hydrogen) atoms. The molecule has 0 saturated carbocycles. The Bertz CT molecular complexity index is 824. The van der Waals surface area contributed by atoms with Crippen molar-refractivity contribution in [3.05, 3.63) is 77.2 Å². The molecule has 0 aliphatic heterocycles. The fourth-order valence-corrected chi connectivity index (χ4v) is 2.40. The fraction of sp³-hybridized carbons (Fsp3) is 0.167. The Balaban J connectivity index is 1.75. The molecular weight excluding hydrogens is 288 g/mol. The van der Waals surface area contributed by atoms with Gasteiger partial charge in [-0.1, -0.05) is 29.8 Å². The van der Waals surface area contributed by atoms with Crippen LogP contribution in [-0.4, -0.2) is 20.7 Å². The highest BCUT2D eigenvalue weighted by atomic mass is 16.1. The van der Waals surface area contributed by atoms with Gasteiger partial charge in [0.25, 0.3) is 5.91 Å². The van der Waals surface area contributed by atoms with Crippen LogP contribution in [0.5, 0.6) is 0 Å². The van der Waals surface area contributed by atoms with E-state index < -0.39 is 0 Å². The summed E-state index contributed by atoms with van der Waals surface area (Å²) in [4.78, 5) is 16.1. The third kappa shape index (κ3) is 3.63. The van der Waals surface area contributed by atoms with Gasteiger partial charge in [-0.05, 0) is 31.5 Å². The molecule has 0 atom stereocenters. The molecule has 116 valence electrons. The zero-order valence-electron chi connectivity index (χ0n) is 13.2. The average Bonchev–Trinajstić information content (AvgIpc) is 2.87. The van der Waals surface area contributed by atoms with E-state index in [0.717, 1.165) is 5.69 Å². The minimum absolute atomic E-state index is 0.210. The summed E-state index contributed by atoms with van der Waals surface area (Å²) < 4.78 is 1.88. The fourth-order valence-electron chi connectivity index (χ4n) is 2.40. The molecule has 0 unspecified atom stereocenters. The molecule has 3 aromatic rings. The Hall–Kier alpha value is -2.95. The third-order valence-electron chi connectivity index (χ3n) is 3.56. The van der Waals surface area contributed by atoms with Crippen molar-refractivity contribution in [2.24, 2.45) is 0 Å². The van der Waals surface area contributed by atoms with E-state index in [4.69, 9.17) is 0 Å². The van der Waals surface area contributed by atoms with Crippen LogP contribution in [0.4, 0.5) is 5.82 Å². The smallest absolute Gasteiger partial charge is 0.258 e. The Kier molecular flexibility index (Phi) is 4.19. The van der Waals surface area contributed by atoms with Crippen molar-refractivity contribution in [3.63, 3.8) is 0 Å². The van der Waals surface area contributed by atoms with E-state index in [1.807, 2.05) is 23.7 Å². The van der Waals surface area contributed by atoms with Gasteiger partial charge in [0.15, 0.2) is 5.82 Å². The number of pyridine rings is 1. The second-order valence-electron chi connectivity index (χ2n) is 5.51. The van der Waals surface area contributed by atoms with E-state index in [1.165, 1.54) is 17.3 Å². The topological polar surface area (TPSA) is 59.8 Å². The lowest BCUT2D eigenvalue weighted by molar-refractivity contribution is 0.102. The molecule has 5 nitrogen and oxygen atoms in total. The van der Waals surface area contributed by atoms with Gasteiger partial charge in [-0.3, -0.25) is 14.5 Å². The molecule has 0 radical (unpaired) electrons. The monoisotopic (exact) mass is 306 g/mol. The van der Waals surface area contributed by atoms with Crippen LogP contribution in [0, 0.1) is 13.8 Å². The van der Waals surface area contributed by atoms with Crippen LogP contribution in [0.3, 0.4) is 0 Å².